The minimum absolute atomic E-state index is 0.0473. The molecule has 3 heterocycles. The fourth-order valence-electron chi connectivity index (χ4n) is 4.99. The molecule has 0 N–H and O–H groups in total. The summed E-state index contributed by atoms with van der Waals surface area (Å²) >= 11 is 1.09. The average molecular weight is 631 g/mol. The number of carbonyl (C=O) groups is 1. The summed E-state index contributed by atoms with van der Waals surface area (Å²) in [6.45, 7) is 3.52. The van der Waals surface area contributed by atoms with Gasteiger partial charge in [0.1, 0.15) is 5.75 Å². The molecule has 45 heavy (non-hydrogen) atoms. The summed E-state index contributed by atoms with van der Waals surface area (Å²) in [5.74, 6) is 0.342. The topological polar surface area (TPSA) is 175 Å². The number of aromatic nitrogens is 1. The van der Waals surface area contributed by atoms with Gasteiger partial charge in [-0.1, -0.05) is 35.6 Å². The standard InChI is InChI=1S/C30H22N4O10S/c1-3-41-29(36)26-16(2)31-30-32(27(26)18-8-10-23-24(12-18)43-15-42-23)28(35)25(45-30)13-17-6-4-5-7-21(17)44-22-11-9-19(33(37)38)14-20(22)34(39)40/h4-14,27H,3,15H2,1-2H3/b25-13-/t27-/m0/s1. The van der Waals surface area contributed by atoms with Crippen LogP contribution < -0.4 is 29.1 Å². The van der Waals surface area contributed by atoms with E-state index in [1.807, 2.05) is 0 Å². The molecule has 0 aliphatic carbocycles. The summed E-state index contributed by atoms with van der Waals surface area (Å²) in [7, 11) is 0. The third-order valence-corrected chi connectivity index (χ3v) is 7.99. The predicted octanol–water partition coefficient (Wildman–Crippen LogP) is 4.14. The number of benzene rings is 3. The van der Waals surface area contributed by atoms with Gasteiger partial charge in [-0.3, -0.25) is 29.6 Å². The Kier molecular flexibility index (Phi) is 7.60. The fraction of sp³-hybridized carbons (Fsp3) is 0.167. The van der Waals surface area contributed by atoms with Crippen LogP contribution in [-0.4, -0.2) is 33.8 Å². The van der Waals surface area contributed by atoms with E-state index in [0.29, 0.717) is 33.1 Å². The zero-order chi connectivity index (χ0) is 31.8. The quantitative estimate of drug-likeness (QED) is 0.156. The average Bonchev–Trinajstić information content (AvgIpc) is 3.60. The Labute approximate surface area is 257 Å². The number of ether oxygens (including phenoxy) is 4. The summed E-state index contributed by atoms with van der Waals surface area (Å²) in [5, 5.41) is 22.8. The number of nitro groups is 2. The molecular formula is C30H22N4O10S. The Hall–Kier alpha value is -5.83. The molecule has 4 aromatic rings. The van der Waals surface area contributed by atoms with Crippen molar-refractivity contribution < 1.29 is 33.6 Å². The van der Waals surface area contributed by atoms with Crippen molar-refractivity contribution in [1.29, 1.82) is 0 Å². The molecule has 2 aliphatic rings. The van der Waals surface area contributed by atoms with Crippen molar-refractivity contribution in [2.45, 2.75) is 19.9 Å². The van der Waals surface area contributed by atoms with Gasteiger partial charge in [-0.25, -0.2) is 9.79 Å². The zero-order valence-electron chi connectivity index (χ0n) is 23.6. The highest BCUT2D eigenvalue weighted by atomic mass is 32.1. The van der Waals surface area contributed by atoms with Crippen LogP contribution in [0.2, 0.25) is 0 Å². The van der Waals surface area contributed by atoms with E-state index in [9.17, 15) is 29.8 Å². The number of nitro benzene ring substituents is 2. The second kappa shape index (κ2) is 11.7. The molecule has 0 saturated heterocycles. The maximum Gasteiger partial charge on any atom is 0.338 e. The first-order chi connectivity index (χ1) is 21.7. The number of thiazole rings is 1. The van der Waals surface area contributed by atoms with Crippen LogP contribution in [0.4, 0.5) is 11.4 Å². The Morgan fingerprint density at radius 1 is 1.07 bits per heavy atom. The molecule has 0 bridgehead atoms. The van der Waals surface area contributed by atoms with Gasteiger partial charge in [-0.2, -0.15) is 0 Å². The molecule has 0 fully saturated rings. The van der Waals surface area contributed by atoms with E-state index < -0.39 is 38.8 Å². The number of non-ortho nitro benzene ring substituents is 1. The normalized spacial score (nSPS) is 15.3. The van der Waals surface area contributed by atoms with E-state index in [2.05, 4.69) is 4.99 Å². The smallest absolute Gasteiger partial charge is 0.338 e. The lowest BCUT2D eigenvalue weighted by Crippen LogP contribution is -2.39. The van der Waals surface area contributed by atoms with Crippen molar-refractivity contribution in [2.75, 3.05) is 13.4 Å². The number of esters is 1. The summed E-state index contributed by atoms with van der Waals surface area (Å²) in [6, 6.07) is 13.9. The van der Waals surface area contributed by atoms with E-state index in [1.165, 1.54) is 4.57 Å². The van der Waals surface area contributed by atoms with Gasteiger partial charge >= 0.3 is 11.7 Å². The lowest BCUT2D eigenvalue weighted by molar-refractivity contribution is -0.394. The lowest BCUT2D eigenvalue weighted by atomic mass is 9.95. The first-order valence-corrected chi connectivity index (χ1v) is 14.3. The summed E-state index contributed by atoms with van der Waals surface area (Å²) in [4.78, 5) is 53.4. The van der Waals surface area contributed by atoms with Crippen LogP contribution in [0.15, 0.2) is 81.7 Å². The number of hydrogen-bond acceptors (Lipinski definition) is 12. The van der Waals surface area contributed by atoms with Gasteiger partial charge in [-0.05, 0) is 49.8 Å². The Balaban J connectivity index is 1.47. The summed E-state index contributed by atoms with van der Waals surface area (Å²) in [5.41, 5.74) is 0.0608. The highest BCUT2D eigenvalue weighted by Gasteiger charge is 2.34. The van der Waals surface area contributed by atoms with E-state index >= 15 is 0 Å². The molecular weight excluding hydrogens is 608 g/mol. The van der Waals surface area contributed by atoms with Gasteiger partial charge in [0.05, 0.1) is 44.4 Å². The van der Waals surface area contributed by atoms with Gasteiger partial charge < -0.3 is 18.9 Å². The lowest BCUT2D eigenvalue weighted by Gasteiger charge is -2.24. The van der Waals surface area contributed by atoms with Gasteiger partial charge in [0.15, 0.2) is 16.3 Å². The van der Waals surface area contributed by atoms with Gasteiger partial charge in [0.2, 0.25) is 12.5 Å². The summed E-state index contributed by atoms with van der Waals surface area (Å²) < 4.78 is 23.8. The van der Waals surface area contributed by atoms with Crippen LogP contribution in [0.5, 0.6) is 23.0 Å². The molecule has 1 aromatic heterocycles. The van der Waals surface area contributed by atoms with Gasteiger partial charge in [-0.15, -0.1) is 0 Å². The maximum absolute atomic E-state index is 14.0. The number of allylic oxidation sites excluding steroid dienone is 1. The molecule has 0 radical (unpaired) electrons. The molecule has 14 nitrogen and oxygen atoms in total. The van der Waals surface area contributed by atoms with Crippen LogP contribution in [0, 0.1) is 20.2 Å². The van der Waals surface area contributed by atoms with Gasteiger partial charge in [0.25, 0.3) is 11.2 Å². The number of hydrogen-bond donors (Lipinski definition) is 0. The molecule has 0 unspecified atom stereocenters. The molecule has 228 valence electrons. The van der Waals surface area contributed by atoms with Crippen LogP contribution in [0.25, 0.3) is 6.08 Å². The van der Waals surface area contributed by atoms with Crippen molar-refractivity contribution in [3.05, 3.63) is 123 Å². The molecule has 0 saturated carbocycles. The van der Waals surface area contributed by atoms with Crippen molar-refractivity contribution in [3.63, 3.8) is 0 Å². The van der Waals surface area contributed by atoms with E-state index in [0.717, 1.165) is 29.5 Å². The second-order valence-corrected chi connectivity index (χ2v) is 10.7. The van der Waals surface area contributed by atoms with Crippen molar-refractivity contribution in [3.8, 4) is 23.0 Å². The molecule has 0 amide bonds. The minimum Gasteiger partial charge on any atom is -0.463 e. The molecule has 0 spiro atoms. The summed E-state index contributed by atoms with van der Waals surface area (Å²) in [6.07, 6.45) is 1.55. The molecule has 2 aliphatic heterocycles. The number of carbonyl (C=O) groups excluding carboxylic acids is 1. The minimum atomic E-state index is -0.883. The molecule has 6 rings (SSSR count). The third kappa shape index (κ3) is 5.40. The van der Waals surface area contributed by atoms with E-state index in [-0.39, 0.29) is 35.0 Å². The Morgan fingerprint density at radius 3 is 2.60 bits per heavy atom. The Bertz CT molecular complexity index is 2120. The third-order valence-electron chi connectivity index (χ3n) is 7.00. The van der Waals surface area contributed by atoms with Crippen LogP contribution >= 0.6 is 11.3 Å². The van der Waals surface area contributed by atoms with Crippen LogP contribution in [0.3, 0.4) is 0 Å². The zero-order valence-corrected chi connectivity index (χ0v) is 24.4. The van der Waals surface area contributed by atoms with Gasteiger partial charge in [0, 0.05) is 11.6 Å². The van der Waals surface area contributed by atoms with E-state index in [4.69, 9.17) is 18.9 Å². The first-order valence-electron chi connectivity index (χ1n) is 13.4. The fourth-order valence-corrected chi connectivity index (χ4v) is 6.03. The van der Waals surface area contributed by atoms with Crippen molar-refractivity contribution in [1.82, 2.24) is 4.57 Å². The van der Waals surface area contributed by atoms with E-state index in [1.54, 1.807) is 62.4 Å². The van der Waals surface area contributed by atoms with Crippen LogP contribution in [-0.2, 0) is 9.53 Å². The highest BCUT2D eigenvalue weighted by molar-refractivity contribution is 7.07. The number of rotatable bonds is 8. The maximum atomic E-state index is 14.0. The first kappa shape index (κ1) is 29.3. The molecule has 1 atom stereocenters. The SMILES string of the molecule is CCOC(=O)C1=C(C)N=c2s/c(=C\c3ccccc3Oc3ccc([N+](=O)[O-])cc3[N+](=O)[O-])c(=O)n2[C@H]1c1ccc2c(c1)OCO2. The Morgan fingerprint density at radius 2 is 1.84 bits per heavy atom. The highest BCUT2D eigenvalue weighted by Crippen LogP contribution is 2.39. The number of para-hydroxylation sites is 1. The molecule has 15 heteroatoms. The monoisotopic (exact) mass is 630 g/mol. The largest absolute Gasteiger partial charge is 0.463 e. The molecule has 3 aromatic carbocycles. The van der Waals surface area contributed by atoms with Crippen molar-refractivity contribution >= 4 is 34.8 Å². The van der Waals surface area contributed by atoms with Crippen molar-refractivity contribution in [2.24, 2.45) is 4.99 Å². The number of fused-ring (bicyclic) bond motifs is 2. The number of nitrogens with zero attached hydrogens (tertiary/aromatic N) is 4. The second-order valence-electron chi connectivity index (χ2n) is 9.72. The predicted molar refractivity (Wildman–Crippen MR) is 159 cm³/mol. The van der Waals surface area contributed by atoms with Crippen LogP contribution in [0.1, 0.15) is 31.0 Å².